The molecule has 0 aliphatic carbocycles. The second kappa shape index (κ2) is 6.84. The molecule has 0 aliphatic heterocycles. The van der Waals surface area contributed by atoms with Gasteiger partial charge in [-0.25, -0.2) is 0 Å². The number of nitrogens with zero attached hydrogens (tertiary/aromatic N) is 1. The second-order valence-electron chi connectivity index (χ2n) is 6.85. The van der Waals surface area contributed by atoms with Gasteiger partial charge < -0.3 is 9.30 Å². The standard InChI is InChI=1S/C25H18BrNO/c1-17-16-18(26)14-15-23(17)28-24-13-7-12-22-25(24)20-10-5-6-11-21(20)27(22)19-8-3-2-4-9-19/h2-16H,1H3. The van der Waals surface area contributed by atoms with E-state index in [0.29, 0.717) is 0 Å². The van der Waals surface area contributed by atoms with Crippen LogP contribution in [0.4, 0.5) is 0 Å². The molecular formula is C25H18BrNO. The Morgan fingerprint density at radius 2 is 1.46 bits per heavy atom. The molecule has 0 fully saturated rings. The maximum absolute atomic E-state index is 6.40. The van der Waals surface area contributed by atoms with Crippen molar-refractivity contribution in [2.75, 3.05) is 0 Å². The van der Waals surface area contributed by atoms with Crippen LogP contribution in [0.15, 0.2) is 95.5 Å². The first-order valence-corrected chi connectivity index (χ1v) is 10.0. The van der Waals surface area contributed by atoms with Crippen LogP contribution in [-0.4, -0.2) is 4.57 Å². The zero-order valence-corrected chi connectivity index (χ0v) is 17.0. The van der Waals surface area contributed by atoms with Crippen LogP contribution in [0.5, 0.6) is 11.5 Å². The third-order valence-corrected chi connectivity index (χ3v) is 5.52. The van der Waals surface area contributed by atoms with Gasteiger partial charge >= 0.3 is 0 Å². The number of hydrogen-bond donors (Lipinski definition) is 0. The molecule has 0 unspecified atom stereocenters. The maximum Gasteiger partial charge on any atom is 0.137 e. The number of ether oxygens (including phenoxy) is 1. The summed E-state index contributed by atoms with van der Waals surface area (Å²) in [6, 6.07) is 31.3. The van der Waals surface area contributed by atoms with E-state index in [2.05, 4.69) is 94.2 Å². The third kappa shape index (κ3) is 2.79. The van der Waals surface area contributed by atoms with E-state index in [9.17, 15) is 0 Å². The highest BCUT2D eigenvalue weighted by Gasteiger charge is 2.16. The summed E-state index contributed by atoms with van der Waals surface area (Å²) < 4.78 is 9.75. The zero-order valence-electron chi connectivity index (χ0n) is 15.4. The quantitative estimate of drug-likeness (QED) is 0.288. The largest absolute Gasteiger partial charge is 0.456 e. The Hall–Kier alpha value is -3.04. The van der Waals surface area contributed by atoms with Crippen molar-refractivity contribution in [3.8, 4) is 17.2 Å². The Morgan fingerprint density at radius 3 is 2.29 bits per heavy atom. The van der Waals surface area contributed by atoms with Crippen molar-refractivity contribution < 1.29 is 4.74 Å². The molecule has 0 atom stereocenters. The molecule has 2 nitrogen and oxygen atoms in total. The fourth-order valence-corrected chi connectivity index (χ4v) is 4.25. The smallest absolute Gasteiger partial charge is 0.137 e. The van der Waals surface area contributed by atoms with Crippen LogP contribution in [0.3, 0.4) is 0 Å². The van der Waals surface area contributed by atoms with E-state index in [1.165, 1.54) is 10.9 Å². The minimum Gasteiger partial charge on any atom is -0.456 e. The summed E-state index contributed by atoms with van der Waals surface area (Å²) in [5.74, 6) is 1.74. The summed E-state index contributed by atoms with van der Waals surface area (Å²) >= 11 is 3.52. The van der Waals surface area contributed by atoms with Crippen molar-refractivity contribution in [3.05, 3.63) is 101 Å². The van der Waals surface area contributed by atoms with Gasteiger partial charge in [-0.2, -0.15) is 0 Å². The van der Waals surface area contributed by atoms with Crippen molar-refractivity contribution >= 4 is 37.7 Å². The third-order valence-electron chi connectivity index (χ3n) is 5.03. The molecule has 0 aliphatic rings. The molecule has 1 heterocycles. The first kappa shape index (κ1) is 17.1. The highest BCUT2D eigenvalue weighted by Crippen LogP contribution is 2.39. The van der Waals surface area contributed by atoms with E-state index in [1.807, 2.05) is 24.3 Å². The van der Waals surface area contributed by atoms with Gasteiger partial charge in [0.25, 0.3) is 0 Å². The van der Waals surface area contributed by atoms with Gasteiger partial charge in [0.1, 0.15) is 11.5 Å². The predicted molar refractivity (Wildman–Crippen MR) is 120 cm³/mol. The van der Waals surface area contributed by atoms with E-state index in [-0.39, 0.29) is 0 Å². The monoisotopic (exact) mass is 427 g/mol. The summed E-state index contributed by atoms with van der Waals surface area (Å²) in [5, 5.41) is 2.32. The summed E-state index contributed by atoms with van der Waals surface area (Å²) in [6.45, 7) is 2.06. The van der Waals surface area contributed by atoms with Crippen molar-refractivity contribution in [2.24, 2.45) is 0 Å². The van der Waals surface area contributed by atoms with Crippen molar-refractivity contribution in [3.63, 3.8) is 0 Å². The molecule has 1 aromatic heterocycles. The Bertz CT molecular complexity index is 1300. The summed E-state index contributed by atoms with van der Waals surface area (Å²) in [7, 11) is 0. The van der Waals surface area contributed by atoms with Gasteiger partial charge in [-0.15, -0.1) is 0 Å². The summed E-state index contributed by atoms with van der Waals surface area (Å²) in [5.41, 5.74) is 4.55. The maximum atomic E-state index is 6.40. The number of para-hydroxylation sites is 2. The molecule has 0 radical (unpaired) electrons. The lowest BCUT2D eigenvalue weighted by atomic mass is 10.1. The van der Waals surface area contributed by atoms with E-state index < -0.39 is 0 Å². The Kier molecular flexibility index (Phi) is 4.18. The van der Waals surface area contributed by atoms with Crippen molar-refractivity contribution in [1.82, 2.24) is 4.57 Å². The average molecular weight is 428 g/mol. The lowest BCUT2D eigenvalue weighted by Gasteiger charge is -2.11. The van der Waals surface area contributed by atoms with Gasteiger partial charge in [0.15, 0.2) is 0 Å². The molecule has 0 saturated carbocycles. The predicted octanol–water partition coefficient (Wildman–Crippen LogP) is 7.65. The number of rotatable bonds is 3. The molecule has 0 bridgehead atoms. The number of benzene rings is 4. The molecule has 4 aromatic carbocycles. The molecular weight excluding hydrogens is 410 g/mol. The molecule has 136 valence electrons. The average Bonchev–Trinajstić information content (AvgIpc) is 3.06. The molecule has 5 rings (SSSR count). The van der Waals surface area contributed by atoms with Gasteiger partial charge in [0.2, 0.25) is 0 Å². The van der Waals surface area contributed by atoms with E-state index in [1.54, 1.807) is 0 Å². The number of fused-ring (bicyclic) bond motifs is 3. The second-order valence-corrected chi connectivity index (χ2v) is 7.77. The molecule has 0 spiro atoms. The summed E-state index contributed by atoms with van der Waals surface area (Å²) in [6.07, 6.45) is 0. The van der Waals surface area contributed by atoms with Crippen LogP contribution in [0, 0.1) is 6.92 Å². The van der Waals surface area contributed by atoms with E-state index >= 15 is 0 Å². The number of aromatic nitrogens is 1. The molecule has 3 heteroatoms. The van der Waals surface area contributed by atoms with Gasteiger partial charge in [0, 0.05) is 15.5 Å². The molecule has 0 saturated heterocycles. The minimum atomic E-state index is 0.868. The number of hydrogen-bond acceptors (Lipinski definition) is 1. The Balaban J connectivity index is 1.79. The zero-order chi connectivity index (χ0) is 19.1. The minimum absolute atomic E-state index is 0.868. The first-order chi connectivity index (χ1) is 13.7. The van der Waals surface area contributed by atoms with E-state index in [4.69, 9.17) is 4.74 Å². The lowest BCUT2D eigenvalue weighted by molar-refractivity contribution is 0.484. The van der Waals surface area contributed by atoms with Crippen LogP contribution in [0.2, 0.25) is 0 Å². The topological polar surface area (TPSA) is 14.2 Å². The van der Waals surface area contributed by atoms with E-state index in [0.717, 1.165) is 38.1 Å². The highest BCUT2D eigenvalue weighted by molar-refractivity contribution is 9.10. The van der Waals surface area contributed by atoms with Crippen LogP contribution < -0.4 is 4.74 Å². The molecule has 5 aromatic rings. The van der Waals surface area contributed by atoms with Gasteiger partial charge in [-0.05, 0) is 61.0 Å². The molecule has 0 N–H and O–H groups in total. The van der Waals surface area contributed by atoms with Crippen molar-refractivity contribution in [1.29, 1.82) is 0 Å². The highest BCUT2D eigenvalue weighted by atomic mass is 79.9. The molecule has 0 amide bonds. The Labute approximate surface area is 172 Å². The van der Waals surface area contributed by atoms with Crippen molar-refractivity contribution in [2.45, 2.75) is 6.92 Å². The van der Waals surface area contributed by atoms with Gasteiger partial charge in [-0.1, -0.05) is 58.4 Å². The fraction of sp³-hybridized carbons (Fsp3) is 0.0400. The van der Waals surface area contributed by atoms with Crippen LogP contribution >= 0.6 is 15.9 Å². The number of aryl methyl sites for hydroxylation is 1. The fourth-order valence-electron chi connectivity index (χ4n) is 3.77. The van der Waals surface area contributed by atoms with Gasteiger partial charge in [-0.3, -0.25) is 0 Å². The molecule has 28 heavy (non-hydrogen) atoms. The lowest BCUT2D eigenvalue weighted by Crippen LogP contribution is -1.93. The SMILES string of the molecule is Cc1cc(Br)ccc1Oc1cccc2c1c1ccccc1n2-c1ccccc1. The first-order valence-electron chi connectivity index (χ1n) is 9.24. The normalized spacial score (nSPS) is 11.2. The van der Waals surface area contributed by atoms with Crippen LogP contribution in [0.25, 0.3) is 27.5 Å². The Morgan fingerprint density at radius 1 is 0.714 bits per heavy atom. The number of halogens is 1. The van der Waals surface area contributed by atoms with Crippen LogP contribution in [0.1, 0.15) is 5.56 Å². The van der Waals surface area contributed by atoms with Crippen LogP contribution in [-0.2, 0) is 0 Å². The van der Waals surface area contributed by atoms with Gasteiger partial charge in [0.05, 0.1) is 16.4 Å². The summed E-state index contributed by atoms with van der Waals surface area (Å²) in [4.78, 5) is 0.